The minimum atomic E-state index is -4.40. The zero-order valence-electron chi connectivity index (χ0n) is 6.02. The van der Waals surface area contributed by atoms with E-state index in [4.69, 9.17) is 5.73 Å². The second-order valence-electron chi connectivity index (χ2n) is 2.17. The van der Waals surface area contributed by atoms with Gasteiger partial charge in [0.2, 0.25) is 0 Å². The Kier molecular flexibility index (Phi) is 2.32. The van der Waals surface area contributed by atoms with Crippen LogP contribution in [-0.2, 0) is 12.7 Å². The van der Waals surface area contributed by atoms with Gasteiger partial charge in [-0.15, -0.1) is 6.54 Å². The molecule has 0 radical (unpaired) electrons. The Morgan fingerprint density at radius 1 is 1.42 bits per heavy atom. The number of rotatable bonds is 1. The summed E-state index contributed by atoms with van der Waals surface area (Å²) in [5.74, 6) is 0. The first-order valence-corrected chi connectivity index (χ1v) is 3.21. The molecule has 0 saturated heterocycles. The van der Waals surface area contributed by atoms with Crippen LogP contribution < -0.4 is 0 Å². The predicted molar refractivity (Wildman–Crippen MR) is 37.3 cm³/mol. The summed E-state index contributed by atoms with van der Waals surface area (Å²) in [6.45, 7) is -0.449. The SMILES string of the molecule is [NH-]Cc1ncccc1C(F)(F)F. The molecule has 0 amide bonds. The van der Waals surface area contributed by atoms with Crippen molar-refractivity contribution in [1.82, 2.24) is 4.98 Å². The topological polar surface area (TPSA) is 36.7 Å². The van der Waals surface area contributed by atoms with Crippen LogP contribution in [0.4, 0.5) is 13.2 Å². The monoisotopic (exact) mass is 175 g/mol. The summed E-state index contributed by atoms with van der Waals surface area (Å²) >= 11 is 0. The van der Waals surface area contributed by atoms with Crippen LogP contribution in [0.1, 0.15) is 11.3 Å². The second-order valence-corrected chi connectivity index (χ2v) is 2.17. The van der Waals surface area contributed by atoms with Gasteiger partial charge in [0.15, 0.2) is 0 Å². The van der Waals surface area contributed by atoms with Crippen molar-refractivity contribution in [3.63, 3.8) is 0 Å². The third-order valence-corrected chi connectivity index (χ3v) is 1.36. The highest BCUT2D eigenvalue weighted by Crippen LogP contribution is 2.30. The van der Waals surface area contributed by atoms with Crippen molar-refractivity contribution in [2.45, 2.75) is 12.7 Å². The summed E-state index contributed by atoms with van der Waals surface area (Å²) in [4.78, 5) is 3.46. The van der Waals surface area contributed by atoms with E-state index in [1.807, 2.05) is 0 Å². The van der Waals surface area contributed by atoms with Crippen molar-refractivity contribution < 1.29 is 13.2 Å². The highest BCUT2D eigenvalue weighted by molar-refractivity contribution is 5.23. The molecule has 0 aromatic carbocycles. The lowest BCUT2D eigenvalue weighted by Gasteiger charge is -2.11. The highest BCUT2D eigenvalue weighted by Gasteiger charge is 2.32. The lowest BCUT2D eigenvalue weighted by atomic mass is 10.2. The average molecular weight is 175 g/mol. The Bertz CT molecular complexity index is 270. The van der Waals surface area contributed by atoms with E-state index >= 15 is 0 Å². The molecule has 0 atom stereocenters. The molecule has 1 aromatic heterocycles. The Balaban J connectivity index is 3.14. The molecule has 0 saturated carbocycles. The number of hydrogen-bond donors (Lipinski definition) is 0. The molecule has 2 nitrogen and oxygen atoms in total. The van der Waals surface area contributed by atoms with Gasteiger partial charge in [0.05, 0.1) is 5.56 Å². The fourth-order valence-electron chi connectivity index (χ4n) is 0.837. The van der Waals surface area contributed by atoms with Crippen LogP contribution in [-0.4, -0.2) is 4.98 Å². The summed E-state index contributed by atoms with van der Waals surface area (Å²) in [5.41, 5.74) is 5.75. The third-order valence-electron chi connectivity index (χ3n) is 1.36. The molecule has 0 aliphatic rings. The molecule has 0 bridgehead atoms. The van der Waals surface area contributed by atoms with Crippen LogP contribution in [0.5, 0.6) is 0 Å². The summed E-state index contributed by atoms with van der Waals surface area (Å²) in [5, 5.41) is 0. The second kappa shape index (κ2) is 3.10. The van der Waals surface area contributed by atoms with E-state index in [0.717, 1.165) is 6.07 Å². The van der Waals surface area contributed by atoms with Gasteiger partial charge in [-0.05, 0) is 12.1 Å². The van der Waals surface area contributed by atoms with Crippen molar-refractivity contribution in [2.24, 2.45) is 0 Å². The normalized spacial score (nSPS) is 11.7. The molecular formula is C7H6F3N2-. The van der Waals surface area contributed by atoms with E-state index in [9.17, 15) is 13.2 Å². The van der Waals surface area contributed by atoms with Crippen molar-refractivity contribution in [1.29, 1.82) is 0 Å². The van der Waals surface area contributed by atoms with E-state index in [0.29, 0.717) is 0 Å². The number of aromatic nitrogens is 1. The summed E-state index contributed by atoms with van der Waals surface area (Å²) in [6.07, 6.45) is -3.15. The molecule has 0 fully saturated rings. The zero-order chi connectivity index (χ0) is 9.19. The molecule has 0 aliphatic carbocycles. The maximum absolute atomic E-state index is 12.1. The number of nitrogens with one attached hydrogen (secondary N) is 1. The predicted octanol–water partition coefficient (Wildman–Crippen LogP) is 2.65. The van der Waals surface area contributed by atoms with Crippen LogP contribution in [0, 0.1) is 0 Å². The summed E-state index contributed by atoms with van der Waals surface area (Å²) in [6, 6.07) is 2.14. The molecule has 66 valence electrons. The van der Waals surface area contributed by atoms with Crippen LogP contribution in [0.15, 0.2) is 18.3 Å². The Labute approximate surface area is 67.2 Å². The Morgan fingerprint density at radius 3 is 2.50 bits per heavy atom. The van der Waals surface area contributed by atoms with Gasteiger partial charge in [-0.25, -0.2) is 0 Å². The molecule has 0 spiro atoms. The molecule has 1 aromatic rings. The molecule has 1 rings (SSSR count). The Morgan fingerprint density at radius 2 is 2.08 bits per heavy atom. The standard InChI is InChI=1S/C7H6F3N2/c8-7(9,10)5-2-1-3-12-6(5)4-11/h1-3,11H,4H2/q-1. The van der Waals surface area contributed by atoms with Crippen molar-refractivity contribution in [3.8, 4) is 0 Å². The molecule has 12 heavy (non-hydrogen) atoms. The molecule has 5 heteroatoms. The van der Waals surface area contributed by atoms with Crippen molar-refractivity contribution in [2.75, 3.05) is 0 Å². The quantitative estimate of drug-likeness (QED) is 0.646. The molecule has 0 unspecified atom stereocenters. The van der Waals surface area contributed by atoms with E-state index in [1.54, 1.807) is 0 Å². The van der Waals surface area contributed by atoms with Gasteiger partial charge in [0, 0.05) is 11.9 Å². The molecule has 1 heterocycles. The van der Waals surface area contributed by atoms with E-state index < -0.39 is 18.3 Å². The first-order valence-electron chi connectivity index (χ1n) is 3.21. The van der Waals surface area contributed by atoms with E-state index in [1.165, 1.54) is 12.3 Å². The largest absolute Gasteiger partial charge is 0.672 e. The van der Waals surface area contributed by atoms with Gasteiger partial charge in [-0.3, -0.25) is 4.98 Å². The fraction of sp³-hybridized carbons (Fsp3) is 0.286. The lowest BCUT2D eigenvalue weighted by molar-refractivity contribution is -0.138. The summed E-state index contributed by atoms with van der Waals surface area (Å²) in [7, 11) is 0. The first kappa shape index (κ1) is 8.99. The van der Waals surface area contributed by atoms with Crippen LogP contribution in [0.2, 0.25) is 0 Å². The maximum atomic E-state index is 12.1. The summed E-state index contributed by atoms with van der Waals surface area (Å²) < 4.78 is 36.3. The average Bonchev–Trinajstić information content (AvgIpc) is 2.03. The Hall–Kier alpha value is -1.10. The van der Waals surface area contributed by atoms with Gasteiger partial charge >= 0.3 is 6.18 Å². The van der Waals surface area contributed by atoms with Gasteiger partial charge in [0.1, 0.15) is 0 Å². The number of nitrogens with zero attached hydrogens (tertiary/aromatic N) is 1. The highest BCUT2D eigenvalue weighted by atomic mass is 19.4. The van der Waals surface area contributed by atoms with Crippen molar-refractivity contribution in [3.05, 3.63) is 35.3 Å². The van der Waals surface area contributed by atoms with Crippen LogP contribution in [0.3, 0.4) is 0 Å². The minimum Gasteiger partial charge on any atom is -0.672 e. The van der Waals surface area contributed by atoms with Gasteiger partial charge in [-0.1, -0.05) is 0 Å². The lowest BCUT2D eigenvalue weighted by Crippen LogP contribution is -2.09. The van der Waals surface area contributed by atoms with Gasteiger partial charge < -0.3 is 5.73 Å². The van der Waals surface area contributed by atoms with Crippen LogP contribution >= 0.6 is 0 Å². The van der Waals surface area contributed by atoms with Gasteiger partial charge in [-0.2, -0.15) is 13.2 Å². The van der Waals surface area contributed by atoms with Gasteiger partial charge in [0.25, 0.3) is 0 Å². The van der Waals surface area contributed by atoms with Crippen LogP contribution in [0.25, 0.3) is 5.73 Å². The third kappa shape index (κ3) is 1.73. The van der Waals surface area contributed by atoms with E-state index in [-0.39, 0.29) is 5.69 Å². The number of hydrogen-bond acceptors (Lipinski definition) is 1. The number of halogens is 3. The zero-order valence-corrected chi connectivity index (χ0v) is 6.02. The molecular weight excluding hydrogens is 169 g/mol. The fourth-order valence-corrected chi connectivity index (χ4v) is 0.837. The maximum Gasteiger partial charge on any atom is 0.418 e. The molecule has 0 aliphatic heterocycles. The minimum absolute atomic E-state index is 0.231. The van der Waals surface area contributed by atoms with E-state index in [2.05, 4.69) is 4.98 Å². The first-order chi connectivity index (χ1) is 5.55. The number of pyridine rings is 1. The number of alkyl halides is 3. The molecule has 1 N–H and O–H groups in total. The smallest absolute Gasteiger partial charge is 0.418 e. The van der Waals surface area contributed by atoms with Crippen molar-refractivity contribution >= 4 is 0 Å².